The van der Waals surface area contributed by atoms with Crippen LogP contribution in [0.5, 0.6) is 0 Å². The van der Waals surface area contributed by atoms with Crippen molar-refractivity contribution in [3.05, 3.63) is 43.0 Å². The molecule has 1 saturated heterocycles. The molecule has 1 amide bonds. The quantitative estimate of drug-likeness (QED) is 0.715. The fourth-order valence-corrected chi connectivity index (χ4v) is 3.71. The lowest BCUT2D eigenvalue weighted by Gasteiger charge is -2.34. The van der Waals surface area contributed by atoms with Gasteiger partial charge in [0, 0.05) is 56.7 Å². The first-order valence-electron chi connectivity index (χ1n) is 9.64. The number of hydrogen-bond donors (Lipinski definition) is 1. The lowest BCUT2D eigenvalue weighted by atomic mass is 9.92. The molecule has 0 radical (unpaired) electrons. The Labute approximate surface area is 167 Å². The first-order chi connectivity index (χ1) is 14.0. The van der Waals surface area contributed by atoms with Crippen LogP contribution in [0.3, 0.4) is 0 Å². The Kier molecular flexibility index (Phi) is 5.27. The van der Waals surface area contributed by atoms with Crippen molar-refractivity contribution in [3.63, 3.8) is 0 Å². The van der Waals surface area contributed by atoms with Crippen LogP contribution in [0, 0.1) is 0 Å². The second-order valence-corrected chi connectivity index (χ2v) is 7.47. The zero-order valence-electron chi connectivity index (χ0n) is 16.2. The Morgan fingerprint density at radius 1 is 1.21 bits per heavy atom. The summed E-state index contributed by atoms with van der Waals surface area (Å²) in [4.78, 5) is 22.8. The predicted molar refractivity (Wildman–Crippen MR) is 108 cm³/mol. The van der Waals surface area contributed by atoms with E-state index in [1.54, 1.807) is 24.8 Å². The number of carbonyl (C=O) groups excluding carboxylic acids is 1. The molecule has 29 heavy (non-hydrogen) atoms. The summed E-state index contributed by atoms with van der Waals surface area (Å²) in [5, 5.41) is 4.43. The van der Waals surface area contributed by atoms with Crippen molar-refractivity contribution in [1.82, 2.24) is 19.4 Å². The molecule has 0 bridgehead atoms. The SMILES string of the molecule is Cn1cncc1-c1ccc2cnc(NC(=O)C3(F)CCN(CCF)CC3)cc2c1. The molecule has 3 heterocycles. The topological polar surface area (TPSA) is 63.1 Å². The van der Waals surface area contributed by atoms with Gasteiger partial charge >= 0.3 is 0 Å². The molecule has 4 rings (SSSR count). The number of piperidine rings is 1. The molecule has 0 atom stereocenters. The summed E-state index contributed by atoms with van der Waals surface area (Å²) in [6, 6.07) is 7.67. The average Bonchev–Trinajstić information content (AvgIpc) is 3.15. The van der Waals surface area contributed by atoms with E-state index in [1.807, 2.05) is 34.7 Å². The van der Waals surface area contributed by atoms with Crippen molar-refractivity contribution in [2.75, 3.05) is 31.6 Å². The van der Waals surface area contributed by atoms with Gasteiger partial charge in [0.05, 0.1) is 18.2 Å². The minimum absolute atomic E-state index is 0.0526. The maximum Gasteiger partial charge on any atom is 0.263 e. The number of likely N-dealkylation sites (tertiary alicyclic amines) is 1. The minimum Gasteiger partial charge on any atom is -0.334 e. The van der Waals surface area contributed by atoms with Crippen LogP contribution in [0.2, 0.25) is 0 Å². The number of rotatable bonds is 5. The van der Waals surface area contributed by atoms with Crippen molar-refractivity contribution in [1.29, 1.82) is 0 Å². The molecule has 3 aromatic rings. The molecule has 1 aromatic carbocycles. The van der Waals surface area contributed by atoms with E-state index in [0.29, 0.717) is 18.9 Å². The number of amides is 1. The van der Waals surface area contributed by atoms with Crippen LogP contribution in [0.25, 0.3) is 22.0 Å². The second kappa shape index (κ2) is 7.87. The normalized spacial score (nSPS) is 16.8. The number of benzene rings is 1. The van der Waals surface area contributed by atoms with Gasteiger partial charge in [-0.25, -0.2) is 18.7 Å². The molecule has 0 spiro atoms. The highest BCUT2D eigenvalue weighted by molar-refractivity contribution is 5.98. The number of aromatic nitrogens is 3. The van der Waals surface area contributed by atoms with E-state index in [4.69, 9.17) is 0 Å². The molecular formula is C21H23F2N5O. The molecule has 152 valence electrons. The van der Waals surface area contributed by atoms with Crippen LogP contribution in [0.4, 0.5) is 14.6 Å². The molecule has 1 fully saturated rings. The highest BCUT2D eigenvalue weighted by atomic mass is 19.1. The Balaban J connectivity index is 1.52. The first-order valence-corrected chi connectivity index (χ1v) is 9.64. The zero-order valence-corrected chi connectivity index (χ0v) is 16.2. The fraction of sp³-hybridized carbons (Fsp3) is 0.381. The van der Waals surface area contributed by atoms with E-state index in [-0.39, 0.29) is 19.4 Å². The number of carbonyl (C=O) groups is 1. The highest BCUT2D eigenvalue weighted by Gasteiger charge is 2.41. The summed E-state index contributed by atoms with van der Waals surface area (Å²) in [6.45, 7) is 0.552. The number of imidazole rings is 1. The lowest BCUT2D eigenvalue weighted by molar-refractivity contribution is -0.130. The van der Waals surface area contributed by atoms with Gasteiger partial charge in [-0.3, -0.25) is 4.79 Å². The second-order valence-electron chi connectivity index (χ2n) is 7.47. The van der Waals surface area contributed by atoms with Crippen molar-refractivity contribution in [3.8, 4) is 11.3 Å². The molecule has 6 nitrogen and oxygen atoms in total. The number of aryl methyl sites for hydroxylation is 1. The third-order valence-corrected chi connectivity index (χ3v) is 5.53. The van der Waals surface area contributed by atoms with E-state index in [1.165, 1.54) is 0 Å². The van der Waals surface area contributed by atoms with Crippen molar-refractivity contribution in [2.45, 2.75) is 18.5 Å². The number of nitrogens with one attached hydrogen (secondary N) is 1. The van der Waals surface area contributed by atoms with Crippen LogP contribution in [-0.2, 0) is 11.8 Å². The largest absolute Gasteiger partial charge is 0.334 e. The van der Waals surface area contributed by atoms with Crippen LogP contribution in [0.1, 0.15) is 12.8 Å². The number of pyridine rings is 1. The third kappa shape index (κ3) is 3.98. The highest BCUT2D eigenvalue weighted by Crippen LogP contribution is 2.29. The predicted octanol–water partition coefficient (Wildman–Crippen LogP) is 3.35. The molecule has 2 aromatic heterocycles. The maximum atomic E-state index is 15.1. The summed E-state index contributed by atoms with van der Waals surface area (Å²) in [5.41, 5.74) is 0.000213. The van der Waals surface area contributed by atoms with Gasteiger partial charge in [0.25, 0.3) is 5.91 Å². The minimum atomic E-state index is -1.96. The van der Waals surface area contributed by atoms with E-state index in [0.717, 1.165) is 22.0 Å². The molecule has 1 N–H and O–H groups in total. The van der Waals surface area contributed by atoms with Gasteiger partial charge in [-0.1, -0.05) is 12.1 Å². The average molecular weight is 399 g/mol. The summed E-state index contributed by atoms with van der Waals surface area (Å²) in [5.74, 6) is -0.375. The van der Waals surface area contributed by atoms with Gasteiger partial charge in [-0.05, 0) is 17.5 Å². The Hall–Kier alpha value is -2.87. The van der Waals surface area contributed by atoms with E-state index < -0.39 is 18.3 Å². The summed E-state index contributed by atoms with van der Waals surface area (Å²) in [7, 11) is 1.92. The molecule has 8 heteroatoms. The number of halogens is 2. The zero-order chi connectivity index (χ0) is 20.4. The number of hydrogen-bond acceptors (Lipinski definition) is 4. The molecule has 0 unspecified atom stereocenters. The lowest BCUT2D eigenvalue weighted by Crippen LogP contribution is -2.49. The Morgan fingerprint density at radius 3 is 2.69 bits per heavy atom. The van der Waals surface area contributed by atoms with Gasteiger partial charge in [0.15, 0.2) is 5.67 Å². The Bertz CT molecular complexity index is 1030. The standard InChI is InChI=1S/C21H23F2N5O/c1-27-14-24-13-18(27)15-2-3-16-12-25-19(11-17(16)10-15)26-20(29)21(23)4-7-28(8-5-21)9-6-22/h2-3,10-14H,4-9H2,1H3,(H,25,26,29). The number of nitrogens with zero attached hydrogens (tertiary/aromatic N) is 4. The van der Waals surface area contributed by atoms with Crippen molar-refractivity contribution >= 4 is 22.5 Å². The van der Waals surface area contributed by atoms with Crippen molar-refractivity contribution in [2.24, 2.45) is 7.05 Å². The van der Waals surface area contributed by atoms with Crippen LogP contribution in [0.15, 0.2) is 43.0 Å². The smallest absolute Gasteiger partial charge is 0.263 e. The number of alkyl halides is 2. The third-order valence-electron chi connectivity index (χ3n) is 5.53. The van der Waals surface area contributed by atoms with E-state index in [2.05, 4.69) is 15.3 Å². The maximum absolute atomic E-state index is 15.1. The Morgan fingerprint density at radius 2 is 2.00 bits per heavy atom. The van der Waals surface area contributed by atoms with Crippen molar-refractivity contribution < 1.29 is 13.6 Å². The number of fused-ring (bicyclic) bond motifs is 1. The van der Waals surface area contributed by atoms with Gasteiger partial charge in [0.2, 0.25) is 0 Å². The summed E-state index contributed by atoms with van der Waals surface area (Å²) >= 11 is 0. The summed E-state index contributed by atoms with van der Waals surface area (Å²) < 4.78 is 29.5. The van der Waals surface area contributed by atoms with Crippen LogP contribution < -0.4 is 5.32 Å². The van der Waals surface area contributed by atoms with Crippen LogP contribution in [-0.4, -0.2) is 57.3 Å². The molecule has 0 aliphatic carbocycles. The summed E-state index contributed by atoms with van der Waals surface area (Å²) in [6.07, 6.45) is 5.28. The van der Waals surface area contributed by atoms with E-state index in [9.17, 15) is 9.18 Å². The van der Waals surface area contributed by atoms with Gasteiger partial charge in [-0.15, -0.1) is 0 Å². The monoisotopic (exact) mass is 399 g/mol. The number of anilines is 1. The first kappa shape index (κ1) is 19.4. The molecular weight excluding hydrogens is 376 g/mol. The van der Waals surface area contributed by atoms with Gasteiger partial charge < -0.3 is 14.8 Å². The van der Waals surface area contributed by atoms with Gasteiger partial charge in [0.1, 0.15) is 12.5 Å². The van der Waals surface area contributed by atoms with E-state index >= 15 is 4.39 Å². The van der Waals surface area contributed by atoms with Gasteiger partial charge in [-0.2, -0.15) is 0 Å². The molecule has 1 aliphatic heterocycles. The van der Waals surface area contributed by atoms with Crippen LogP contribution >= 0.6 is 0 Å². The molecule has 0 saturated carbocycles. The molecule has 1 aliphatic rings. The fourth-order valence-electron chi connectivity index (χ4n) is 3.71.